The first-order chi connectivity index (χ1) is 12.5. The average molecular weight is 355 g/mol. The number of halogens is 1. The molecule has 1 heterocycles. The van der Waals surface area contributed by atoms with Crippen molar-refractivity contribution in [2.45, 2.75) is 19.3 Å². The van der Waals surface area contributed by atoms with Crippen molar-refractivity contribution in [3.05, 3.63) is 59.4 Å². The van der Waals surface area contributed by atoms with Crippen LogP contribution in [0.2, 0.25) is 0 Å². The molecule has 26 heavy (non-hydrogen) atoms. The van der Waals surface area contributed by atoms with E-state index in [2.05, 4.69) is 16.0 Å². The molecule has 2 aromatic rings. The van der Waals surface area contributed by atoms with Gasteiger partial charge in [0, 0.05) is 29.9 Å². The summed E-state index contributed by atoms with van der Waals surface area (Å²) in [6.45, 7) is 2.32. The van der Waals surface area contributed by atoms with Gasteiger partial charge in [-0.25, -0.2) is 4.39 Å². The minimum absolute atomic E-state index is 0.0273. The largest absolute Gasteiger partial charge is 0.352 e. The van der Waals surface area contributed by atoms with Crippen molar-refractivity contribution < 1.29 is 18.8 Å². The van der Waals surface area contributed by atoms with Crippen LogP contribution >= 0.6 is 0 Å². The smallest absolute Gasteiger partial charge is 0.251 e. The Hall–Kier alpha value is -3.22. The molecule has 0 radical (unpaired) electrons. The number of rotatable bonds is 4. The van der Waals surface area contributed by atoms with Gasteiger partial charge in [-0.2, -0.15) is 0 Å². The van der Waals surface area contributed by atoms with Gasteiger partial charge in [0.15, 0.2) is 0 Å². The van der Waals surface area contributed by atoms with Crippen molar-refractivity contribution in [3.8, 4) is 0 Å². The van der Waals surface area contributed by atoms with Crippen molar-refractivity contribution in [2.75, 3.05) is 17.2 Å². The highest BCUT2D eigenvalue weighted by Gasteiger charge is 2.31. The summed E-state index contributed by atoms with van der Waals surface area (Å²) in [6, 6.07) is 10.5. The van der Waals surface area contributed by atoms with Crippen molar-refractivity contribution in [1.29, 1.82) is 0 Å². The third kappa shape index (κ3) is 3.72. The molecule has 1 aliphatic rings. The van der Waals surface area contributed by atoms with Crippen LogP contribution in [-0.4, -0.2) is 24.3 Å². The summed E-state index contributed by atoms with van der Waals surface area (Å²) >= 11 is 0. The standard InChI is InChI=1S/C19H18FN3O3/c1-2-21-18(25)11-4-3-5-13(8-11)22-19(26)15-10-17(24)23-16-9-12(20)6-7-14(15)16/h3-9,15H,2,10H2,1H3,(H,21,25)(H,22,26)(H,23,24). The summed E-state index contributed by atoms with van der Waals surface area (Å²) in [6.07, 6.45) is -0.0273. The zero-order chi connectivity index (χ0) is 18.7. The zero-order valence-electron chi connectivity index (χ0n) is 14.1. The Morgan fingerprint density at radius 3 is 2.81 bits per heavy atom. The van der Waals surface area contributed by atoms with Crippen molar-refractivity contribution >= 4 is 29.1 Å². The van der Waals surface area contributed by atoms with Crippen LogP contribution in [-0.2, 0) is 9.59 Å². The monoisotopic (exact) mass is 355 g/mol. The molecular weight excluding hydrogens is 337 g/mol. The maximum atomic E-state index is 13.4. The highest BCUT2D eigenvalue weighted by molar-refractivity contribution is 6.05. The number of fused-ring (bicyclic) bond motifs is 1. The van der Waals surface area contributed by atoms with Crippen molar-refractivity contribution in [1.82, 2.24) is 5.32 Å². The average Bonchev–Trinajstić information content (AvgIpc) is 2.61. The number of amides is 3. The van der Waals surface area contributed by atoms with Crippen molar-refractivity contribution in [3.63, 3.8) is 0 Å². The fraction of sp³-hybridized carbons (Fsp3) is 0.211. The molecule has 3 amide bonds. The van der Waals surface area contributed by atoms with E-state index in [0.29, 0.717) is 29.0 Å². The molecule has 1 aliphatic heterocycles. The Morgan fingerprint density at radius 2 is 2.04 bits per heavy atom. The molecule has 1 atom stereocenters. The number of benzene rings is 2. The molecule has 2 aromatic carbocycles. The molecule has 0 saturated heterocycles. The summed E-state index contributed by atoms with van der Waals surface area (Å²) in [5, 5.41) is 8.00. The van der Waals surface area contributed by atoms with E-state index in [-0.39, 0.29) is 24.1 Å². The quantitative estimate of drug-likeness (QED) is 0.788. The summed E-state index contributed by atoms with van der Waals surface area (Å²) in [5.41, 5.74) is 1.74. The first-order valence-electron chi connectivity index (χ1n) is 8.26. The SMILES string of the molecule is CCNC(=O)c1cccc(NC(=O)C2CC(=O)Nc3cc(F)ccc32)c1. The van der Waals surface area contributed by atoms with E-state index in [1.807, 2.05) is 6.92 Å². The first kappa shape index (κ1) is 17.6. The molecule has 0 spiro atoms. The van der Waals surface area contributed by atoms with Crippen LogP contribution in [0, 0.1) is 5.82 Å². The lowest BCUT2D eigenvalue weighted by Gasteiger charge is -2.25. The van der Waals surface area contributed by atoms with Gasteiger partial charge in [-0.15, -0.1) is 0 Å². The second-order valence-corrected chi connectivity index (χ2v) is 5.97. The summed E-state index contributed by atoms with van der Waals surface area (Å²) in [5.74, 6) is -2.19. The molecule has 3 N–H and O–H groups in total. The zero-order valence-corrected chi connectivity index (χ0v) is 14.1. The molecule has 7 heteroatoms. The van der Waals surface area contributed by atoms with Crippen LogP contribution in [0.15, 0.2) is 42.5 Å². The molecule has 134 valence electrons. The van der Waals surface area contributed by atoms with E-state index in [9.17, 15) is 18.8 Å². The van der Waals surface area contributed by atoms with Gasteiger partial charge in [-0.3, -0.25) is 14.4 Å². The van der Waals surface area contributed by atoms with Crippen LogP contribution in [0.25, 0.3) is 0 Å². The van der Waals surface area contributed by atoms with Gasteiger partial charge in [-0.05, 0) is 42.8 Å². The van der Waals surface area contributed by atoms with Gasteiger partial charge in [0.1, 0.15) is 5.82 Å². The third-order valence-electron chi connectivity index (χ3n) is 4.10. The van der Waals surface area contributed by atoms with E-state index in [1.54, 1.807) is 24.3 Å². The minimum Gasteiger partial charge on any atom is -0.352 e. The summed E-state index contributed by atoms with van der Waals surface area (Å²) in [7, 11) is 0. The molecular formula is C19H18FN3O3. The minimum atomic E-state index is -0.729. The fourth-order valence-corrected chi connectivity index (χ4v) is 2.90. The molecule has 0 fully saturated rings. The molecule has 0 bridgehead atoms. The normalized spacial score (nSPS) is 15.6. The lowest BCUT2D eigenvalue weighted by Crippen LogP contribution is -2.31. The van der Waals surface area contributed by atoms with Crippen LogP contribution in [0.4, 0.5) is 15.8 Å². The van der Waals surface area contributed by atoms with E-state index >= 15 is 0 Å². The summed E-state index contributed by atoms with van der Waals surface area (Å²) < 4.78 is 13.4. The molecule has 1 unspecified atom stereocenters. The number of anilines is 2. The van der Waals surface area contributed by atoms with Gasteiger partial charge in [0.05, 0.1) is 5.92 Å². The van der Waals surface area contributed by atoms with E-state index in [4.69, 9.17) is 0 Å². The van der Waals surface area contributed by atoms with Crippen LogP contribution in [0.5, 0.6) is 0 Å². The second-order valence-electron chi connectivity index (χ2n) is 5.97. The second kappa shape index (κ2) is 7.35. The molecule has 0 saturated carbocycles. The first-order valence-corrected chi connectivity index (χ1v) is 8.26. The van der Waals surface area contributed by atoms with E-state index in [0.717, 1.165) is 0 Å². The number of hydrogen-bond donors (Lipinski definition) is 3. The molecule has 0 aliphatic carbocycles. The Morgan fingerprint density at radius 1 is 1.23 bits per heavy atom. The highest BCUT2D eigenvalue weighted by atomic mass is 19.1. The van der Waals surface area contributed by atoms with Crippen LogP contribution < -0.4 is 16.0 Å². The topological polar surface area (TPSA) is 87.3 Å². The predicted molar refractivity (Wildman–Crippen MR) is 95.5 cm³/mol. The molecule has 6 nitrogen and oxygen atoms in total. The number of carbonyl (C=O) groups excluding carboxylic acids is 3. The number of hydrogen-bond acceptors (Lipinski definition) is 3. The van der Waals surface area contributed by atoms with Gasteiger partial charge < -0.3 is 16.0 Å². The highest BCUT2D eigenvalue weighted by Crippen LogP contribution is 2.33. The van der Waals surface area contributed by atoms with Gasteiger partial charge >= 0.3 is 0 Å². The van der Waals surface area contributed by atoms with Crippen molar-refractivity contribution in [2.24, 2.45) is 0 Å². The predicted octanol–water partition coefficient (Wildman–Crippen LogP) is 2.64. The Balaban J connectivity index is 1.82. The number of nitrogens with one attached hydrogen (secondary N) is 3. The lowest BCUT2D eigenvalue weighted by atomic mass is 9.89. The Kier molecular flexibility index (Phi) is 4.97. The molecule has 3 rings (SSSR count). The lowest BCUT2D eigenvalue weighted by molar-refractivity contribution is -0.123. The van der Waals surface area contributed by atoms with E-state index in [1.165, 1.54) is 18.2 Å². The van der Waals surface area contributed by atoms with Gasteiger partial charge in [0.2, 0.25) is 11.8 Å². The third-order valence-corrected chi connectivity index (χ3v) is 4.10. The maximum Gasteiger partial charge on any atom is 0.251 e. The Labute approximate surface area is 149 Å². The number of carbonyl (C=O) groups is 3. The maximum absolute atomic E-state index is 13.4. The Bertz CT molecular complexity index is 882. The van der Waals surface area contributed by atoms with Gasteiger partial charge in [0.25, 0.3) is 5.91 Å². The van der Waals surface area contributed by atoms with Crippen LogP contribution in [0.3, 0.4) is 0 Å². The fourth-order valence-electron chi connectivity index (χ4n) is 2.90. The summed E-state index contributed by atoms with van der Waals surface area (Å²) in [4.78, 5) is 36.4. The molecule has 0 aromatic heterocycles. The van der Waals surface area contributed by atoms with E-state index < -0.39 is 11.7 Å². The van der Waals surface area contributed by atoms with Crippen LogP contribution in [0.1, 0.15) is 35.2 Å². The van der Waals surface area contributed by atoms with Gasteiger partial charge in [-0.1, -0.05) is 12.1 Å².